The van der Waals surface area contributed by atoms with E-state index in [0.717, 1.165) is 9.75 Å². The monoisotopic (exact) mass is 285 g/mol. The molecule has 0 aromatic carbocycles. The van der Waals surface area contributed by atoms with Gasteiger partial charge in [0.1, 0.15) is 11.6 Å². The highest BCUT2D eigenvalue weighted by atomic mass is 32.1. The molecule has 3 aromatic rings. The van der Waals surface area contributed by atoms with Crippen molar-refractivity contribution in [1.82, 2.24) is 10.1 Å². The normalized spacial score (nSPS) is 11.4. The molecule has 0 aliphatic rings. The van der Waals surface area contributed by atoms with Crippen molar-refractivity contribution in [3.05, 3.63) is 45.8 Å². The first-order valence-corrected chi connectivity index (χ1v) is 7.16. The zero-order chi connectivity index (χ0) is 13.1. The molecule has 0 radical (unpaired) electrons. The maximum absolute atomic E-state index is 9.18. The number of nitriles is 1. The molecule has 0 saturated heterocycles. The standard InChI is InChI=1S/C13H7N3OS2/c14-8-9(7-10-3-1-5-18-10)13-15-12(16-17-13)11-4-2-6-19-11/h1-7H. The number of aromatic nitrogens is 2. The molecule has 0 bridgehead atoms. The molecule has 0 unspecified atom stereocenters. The quantitative estimate of drug-likeness (QED) is 0.684. The van der Waals surface area contributed by atoms with Gasteiger partial charge in [-0.2, -0.15) is 10.2 Å². The van der Waals surface area contributed by atoms with Crippen LogP contribution < -0.4 is 0 Å². The number of nitrogens with zero attached hydrogens (tertiary/aromatic N) is 3. The number of hydrogen-bond acceptors (Lipinski definition) is 6. The Morgan fingerprint density at radius 2 is 2.11 bits per heavy atom. The third-order valence-corrected chi connectivity index (χ3v) is 4.03. The average molecular weight is 285 g/mol. The van der Waals surface area contributed by atoms with Crippen molar-refractivity contribution in [1.29, 1.82) is 5.26 Å². The molecule has 92 valence electrons. The fourth-order valence-electron chi connectivity index (χ4n) is 1.50. The van der Waals surface area contributed by atoms with E-state index in [0.29, 0.717) is 11.4 Å². The van der Waals surface area contributed by atoms with Crippen molar-refractivity contribution >= 4 is 34.3 Å². The van der Waals surface area contributed by atoms with Crippen molar-refractivity contribution in [2.24, 2.45) is 0 Å². The number of rotatable bonds is 3. The summed E-state index contributed by atoms with van der Waals surface area (Å²) in [6, 6.07) is 9.78. The minimum atomic E-state index is 0.249. The van der Waals surface area contributed by atoms with Crippen LogP contribution in [0.5, 0.6) is 0 Å². The molecule has 0 amide bonds. The van der Waals surface area contributed by atoms with Gasteiger partial charge in [0.25, 0.3) is 5.89 Å². The number of hydrogen-bond donors (Lipinski definition) is 0. The van der Waals surface area contributed by atoms with E-state index in [-0.39, 0.29) is 5.89 Å². The van der Waals surface area contributed by atoms with Crippen LogP contribution >= 0.6 is 22.7 Å². The molecular weight excluding hydrogens is 278 g/mol. The zero-order valence-corrected chi connectivity index (χ0v) is 11.2. The molecule has 3 heterocycles. The fourth-order valence-corrected chi connectivity index (χ4v) is 2.80. The summed E-state index contributed by atoms with van der Waals surface area (Å²) < 4.78 is 5.15. The Kier molecular flexibility index (Phi) is 3.23. The second-order valence-electron chi connectivity index (χ2n) is 3.59. The van der Waals surface area contributed by atoms with E-state index in [1.54, 1.807) is 17.4 Å². The lowest BCUT2D eigenvalue weighted by Crippen LogP contribution is -1.81. The first-order valence-electron chi connectivity index (χ1n) is 5.40. The van der Waals surface area contributed by atoms with Crippen molar-refractivity contribution in [3.8, 4) is 16.8 Å². The molecule has 4 nitrogen and oxygen atoms in total. The van der Waals surface area contributed by atoms with Crippen molar-refractivity contribution in [2.75, 3.05) is 0 Å². The van der Waals surface area contributed by atoms with Gasteiger partial charge in [-0.15, -0.1) is 22.7 Å². The lowest BCUT2D eigenvalue weighted by molar-refractivity contribution is 0.409. The summed E-state index contributed by atoms with van der Waals surface area (Å²) in [5.74, 6) is 0.761. The van der Waals surface area contributed by atoms with Crippen LogP contribution in [0.15, 0.2) is 39.5 Å². The molecule has 0 aliphatic heterocycles. The van der Waals surface area contributed by atoms with E-state index in [9.17, 15) is 5.26 Å². The van der Waals surface area contributed by atoms with Crippen LogP contribution in [0.3, 0.4) is 0 Å². The number of thiophene rings is 2. The molecule has 0 aliphatic carbocycles. The average Bonchev–Trinajstić information content (AvgIpc) is 3.15. The van der Waals surface area contributed by atoms with Crippen LogP contribution in [0.4, 0.5) is 0 Å². The Labute approximate surface area is 117 Å². The number of allylic oxidation sites excluding steroid dienone is 1. The summed E-state index contributed by atoms with van der Waals surface area (Å²) in [7, 11) is 0. The lowest BCUT2D eigenvalue weighted by atomic mass is 10.2. The van der Waals surface area contributed by atoms with Crippen LogP contribution in [0.25, 0.3) is 22.4 Å². The van der Waals surface area contributed by atoms with E-state index in [1.165, 1.54) is 11.3 Å². The molecule has 3 aromatic heterocycles. The predicted molar refractivity (Wildman–Crippen MR) is 75.4 cm³/mol. The van der Waals surface area contributed by atoms with E-state index in [1.807, 2.05) is 35.0 Å². The van der Waals surface area contributed by atoms with Gasteiger partial charge < -0.3 is 4.52 Å². The van der Waals surface area contributed by atoms with E-state index < -0.39 is 0 Å². The van der Waals surface area contributed by atoms with Gasteiger partial charge in [0, 0.05) is 4.88 Å². The summed E-state index contributed by atoms with van der Waals surface area (Å²) in [5.41, 5.74) is 0.373. The molecule has 0 spiro atoms. The molecule has 0 saturated carbocycles. The SMILES string of the molecule is N#CC(=Cc1cccs1)c1nc(-c2cccs2)no1. The van der Waals surface area contributed by atoms with Gasteiger partial charge in [-0.25, -0.2) is 0 Å². The molecule has 6 heteroatoms. The largest absolute Gasteiger partial charge is 0.333 e. The highest BCUT2D eigenvalue weighted by Crippen LogP contribution is 2.24. The van der Waals surface area contributed by atoms with Gasteiger partial charge >= 0.3 is 0 Å². The summed E-state index contributed by atoms with van der Waals surface area (Å²) in [4.78, 5) is 6.15. The fraction of sp³-hybridized carbons (Fsp3) is 0. The molecule has 0 N–H and O–H groups in total. The maximum Gasteiger partial charge on any atom is 0.268 e. The Morgan fingerprint density at radius 1 is 1.26 bits per heavy atom. The van der Waals surface area contributed by atoms with Crippen molar-refractivity contribution in [3.63, 3.8) is 0 Å². The third-order valence-electron chi connectivity index (χ3n) is 2.35. The first kappa shape index (κ1) is 11.8. The Bertz CT molecular complexity index is 733. The first-order chi connectivity index (χ1) is 9.36. The summed E-state index contributed by atoms with van der Waals surface area (Å²) in [6.07, 6.45) is 1.75. The predicted octanol–water partition coefficient (Wildman–Crippen LogP) is 3.92. The van der Waals surface area contributed by atoms with E-state index >= 15 is 0 Å². The highest BCUT2D eigenvalue weighted by molar-refractivity contribution is 7.13. The second-order valence-corrected chi connectivity index (χ2v) is 5.51. The van der Waals surface area contributed by atoms with Gasteiger partial charge in [0.05, 0.1) is 4.88 Å². The van der Waals surface area contributed by atoms with E-state index in [2.05, 4.69) is 16.2 Å². The van der Waals surface area contributed by atoms with Crippen LogP contribution in [-0.4, -0.2) is 10.1 Å². The smallest absolute Gasteiger partial charge is 0.268 e. The summed E-state index contributed by atoms with van der Waals surface area (Å²) in [6.45, 7) is 0. The minimum Gasteiger partial charge on any atom is -0.333 e. The Balaban J connectivity index is 1.96. The van der Waals surface area contributed by atoms with Crippen LogP contribution in [0.1, 0.15) is 10.8 Å². The van der Waals surface area contributed by atoms with Crippen LogP contribution in [-0.2, 0) is 0 Å². The van der Waals surface area contributed by atoms with Crippen LogP contribution in [0, 0.1) is 11.3 Å². The van der Waals surface area contributed by atoms with Crippen molar-refractivity contribution in [2.45, 2.75) is 0 Å². The second kappa shape index (κ2) is 5.18. The van der Waals surface area contributed by atoms with Gasteiger partial charge in [0.2, 0.25) is 5.82 Å². The van der Waals surface area contributed by atoms with Gasteiger partial charge in [-0.1, -0.05) is 17.3 Å². The molecule has 3 rings (SSSR count). The third kappa shape index (κ3) is 2.47. The Hall–Kier alpha value is -2.23. The molecule has 0 atom stereocenters. The van der Waals surface area contributed by atoms with Gasteiger partial charge in [0.15, 0.2) is 0 Å². The molecular formula is C13H7N3OS2. The van der Waals surface area contributed by atoms with Gasteiger partial charge in [-0.3, -0.25) is 0 Å². The topological polar surface area (TPSA) is 62.7 Å². The van der Waals surface area contributed by atoms with Crippen LogP contribution in [0.2, 0.25) is 0 Å². The summed E-state index contributed by atoms with van der Waals surface area (Å²) in [5, 5.41) is 17.0. The van der Waals surface area contributed by atoms with E-state index in [4.69, 9.17) is 4.52 Å². The Morgan fingerprint density at radius 3 is 2.79 bits per heavy atom. The van der Waals surface area contributed by atoms with Gasteiger partial charge in [-0.05, 0) is 29.0 Å². The minimum absolute atomic E-state index is 0.249. The van der Waals surface area contributed by atoms with Crippen molar-refractivity contribution < 1.29 is 4.52 Å². The lowest BCUT2D eigenvalue weighted by Gasteiger charge is -1.88. The maximum atomic E-state index is 9.18. The zero-order valence-electron chi connectivity index (χ0n) is 9.61. The molecule has 19 heavy (non-hydrogen) atoms. The highest BCUT2D eigenvalue weighted by Gasteiger charge is 2.13. The molecule has 0 fully saturated rings. The summed E-state index contributed by atoms with van der Waals surface area (Å²) >= 11 is 3.08.